The van der Waals surface area contributed by atoms with Crippen molar-refractivity contribution in [2.45, 2.75) is 24.3 Å². The minimum atomic E-state index is -4.23. The highest BCUT2D eigenvalue weighted by Crippen LogP contribution is 2.40. The highest BCUT2D eigenvalue weighted by Gasteiger charge is 2.52. The van der Waals surface area contributed by atoms with Gasteiger partial charge in [0.2, 0.25) is 11.4 Å². The van der Waals surface area contributed by atoms with Crippen LogP contribution in [0.25, 0.3) is 0 Å². The van der Waals surface area contributed by atoms with Crippen LogP contribution in [0, 0.1) is 11.6 Å². The predicted molar refractivity (Wildman–Crippen MR) is 95.4 cm³/mol. The number of nitrogens with one attached hydrogen (secondary N) is 1. The fourth-order valence-corrected chi connectivity index (χ4v) is 3.76. The molecule has 2 aromatic rings. The summed E-state index contributed by atoms with van der Waals surface area (Å²) in [6.45, 7) is 2.10. The molecule has 152 valence electrons. The molecule has 29 heavy (non-hydrogen) atoms. The molecule has 2 aromatic carbocycles. The number of carbonyl (C=O) groups is 2. The minimum Gasteiger partial charge on any atom is -0.456 e. The molecular formula is C19H15F2NO6S. The molecular weight excluding hydrogens is 408 g/mol. The number of ether oxygens (including phenoxy) is 2. The van der Waals surface area contributed by atoms with E-state index >= 15 is 0 Å². The van der Waals surface area contributed by atoms with Gasteiger partial charge in [-0.3, -0.25) is 9.59 Å². The largest absolute Gasteiger partial charge is 0.456 e. The summed E-state index contributed by atoms with van der Waals surface area (Å²) >= 11 is 0. The van der Waals surface area contributed by atoms with Crippen molar-refractivity contribution >= 4 is 21.8 Å². The van der Waals surface area contributed by atoms with E-state index in [4.69, 9.17) is 9.47 Å². The molecule has 0 aromatic heterocycles. The highest BCUT2D eigenvalue weighted by atomic mass is 32.2. The molecule has 1 aliphatic heterocycles. The summed E-state index contributed by atoms with van der Waals surface area (Å²) in [6.07, 6.45) is 0. The fraction of sp³-hybridized carbons (Fsp3) is 0.158. The van der Waals surface area contributed by atoms with Crippen LogP contribution >= 0.6 is 0 Å². The van der Waals surface area contributed by atoms with Gasteiger partial charge in [-0.2, -0.15) is 0 Å². The monoisotopic (exact) mass is 423 g/mol. The van der Waals surface area contributed by atoms with Gasteiger partial charge < -0.3 is 9.47 Å². The summed E-state index contributed by atoms with van der Waals surface area (Å²) in [6, 6.07) is 10.2. The summed E-state index contributed by atoms with van der Waals surface area (Å²) in [7, 11) is -4.23. The van der Waals surface area contributed by atoms with Gasteiger partial charge in [-0.15, -0.1) is 0 Å². The molecule has 0 spiro atoms. The van der Waals surface area contributed by atoms with E-state index in [0.717, 1.165) is 32.0 Å². The van der Waals surface area contributed by atoms with Crippen molar-refractivity contribution in [3.8, 4) is 0 Å². The van der Waals surface area contributed by atoms with E-state index in [1.54, 1.807) is 6.07 Å². The van der Waals surface area contributed by atoms with Crippen LogP contribution in [-0.2, 0) is 34.7 Å². The maximum absolute atomic E-state index is 14.3. The number of carbonyl (C=O) groups excluding carboxylic acids is 2. The quantitative estimate of drug-likeness (QED) is 0.742. The van der Waals surface area contributed by atoms with Crippen LogP contribution in [-0.4, -0.2) is 20.2 Å². The molecule has 7 nitrogen and oxygen atoms in total. The zero-order valence-electron chi connectivity index (χ0n) is 15.2. The number of esters is 1. The van der Waals surface area contributed by atoms with Gasteiger partial charge in [0, 0.05) is 12.5 Å². The summed E-state index contributed by atoms with van der Waals surface area (Å²) < 4.78 is 65.4. The molecule has 0 saturated carbocycles. The van der Waals surface area contributed by atoms with Crippen LogP contribution in [0.4, 0.5) is 8.78 Å². The molecule has 0 aliphatic carbocycles. The Morgan fingerprint density at radius 1 is 1.10 bits per heavy atom. The predicted octanol–water partition coefficient (Wildman–Crippen LogP) is 2.49. The highest BCUT2D eigenvalue weighted by molar-refractivity contribution is 7.89. The van der Waals surface area contributed by atoms with E-state index in [0.29, 0.717) is 0 Å². The van der Waals surface area contributed by atoms with Crippen molar-refractivity contribution in [1.82, 2.24) is 4.72 Å². The zero-order chi connectivity index (χ0) is 21.4. The fourth-order valence-electron chi connectivity index (χ4n) is 2.75. The van der Waals surface area contributed by atoms with Crippen LogP contribution in [0.15, 0.2) is 65.1 Å². The molecule has 0 saturated heterocycles. The minimum absolute atomic E-state index is 0.156. The smallest absolute Gasteiger partial charge is 0.308 e. The molecule has 0 radical (unpaired) electrons. The maximum Gasteiger partial charge on any atom is 0.308 e. The number of hydrogen-bond acceptors (Lipinski definition) is 6. The number of sulfonamides is 1. The third-order valence-electron chi connectivity index (χ3n) is 4.14. The van der Waals surface area contributed by atoms with Gasteiger partial charge in [0.05, 0.1) is 4.90 Å². The third-order valence-corrected chi connectivity index (χ3v) is 5.49. The molecule has 10 heteroatoms. The van der Waals surface area contributed by atoms with E-state index in [1.165, 1.54) is 24.3 Å². The van der Waals surface area contributed by atoms with Crippen LogP contribution in [0.5, 0.6) is 0 Å². The van der Waals surface area contributed by atoms with E-state index < -0.39 is 56.2 Å². The summed E-state index contributed by atoms with van der Waals surface area (Å²) in [4.78, 5) is 24.1. The van der Waals surface area contributed by atoms with Gasteiger partial charge >= 0.3 is 5.97 Å². The molecule has 1 atom stereocenters. The van der Waals surface area contributed by atoms with Crippen molar-refractivity contribution in [2.24, 2.45) is 0 Å². The van der Waals surface area contributed by atoms with E-state index in [2.05, 4.69) is 0 Å². The van der Waals surface area contributed by atoms with E-state index in [-0.39, 0.29) is 4.90 Å². The van der Waals surface area contributed by atoms with Crippen molar-refractivity contribution in [3.63, 3.8) is 0 Å². The van der Waals surface area contributed by atoms with Crippen LogP contribution in [0.1, 0.15) is 19.4 Å². The number of benzene rings is 2. The Labute approximate surface area is 165 Å². The Bertz CT molecular complexity index is 1130. The standard InChI is InChI=1S/C19H15F2NO6S/c1-11(23)27-16-17(24)19(2,13-9-6-10-14(20)15(13)21)28-18(16)22-29(25,26)12-7-4-3-5-8-12/h3-10,22H,1-2H3. The lowest BCUT2D eigenvalue weighted by Gasteiger charge is -2.24. The maximum atomic E-state index is 14.3. The second-order valence-corrected chi connectivity index (χ2v) is 7.92. The Balaban J connectivity index is 2.06. The molecule has 1 unspecified atom stereocenters. The van der Waals surface area contributed by atoms with Gasteiger partial charge in [0.15, 0.2) is 11.6 Å². The summed E-state index contributed by atoms with van der Waals surface area (Å²) in [5.74, 6) is -6.03. The molecule has 0 bridgehead atoms. The topological polar surface area (TPSA) is 98.8 Å². The van der Waals surface area contributed by atoms with Gasteiger partial charge in [-0.25, -0.2) is 21.9 Å². The first-order valence-electron chi connectivity index (χ1n) is 8.25. The summed E-state index contributed by atoms with van der Waals surface area (Å²) in [5.41, 5.74) is -2.65. The molecule has 1 N–H and O–H groups in total. The Hall–Kier alpha value is -3.27. The van der Waals surface area contributed by atoms with Gasteiger partial charge in [0.1, 0.15) is 0 Å². The van der Waals surface area contributed by atoms with Crippen LogP contribution in [0.3, 0.4) is 0 Å². The Kier molecular flexibility index (Phi) is 5.14. The lowest BCUT2D eigenvalue weighted by Crippen LogP contribution is -2.34. The second kappa shape index (κ2) is 7.28. The summed E-state index contributed by atoms with van der Waals surface area (Å²) in [5, 5.41) is 0. The number of rotatable bonds is 5. The van der Waals surface area contributed by atoms with E-state index in [9.17, 15) is 26.8 Å². The number of Topliss-reactive ketones (excluding diaryl/α,β-unsaturated/α-hetero) is 1. The Morgan fingerprint density at radius 3 is 2.38 bits per heavy atom. The molecule has 3 rings (SSSR count). The van der Waals surface area contributed by atoms with Crippen LogP contribution < -0.4 is 4.72 Å². The first kappa shape index (κ1) is 20.5. The second-order valence-electron chi connectivity index (χ2n) is 6.24. The van der Waals surface area contributed by atoms with Gasteiger partial charge in [0.25, 0.3) is 21.7 Å². The van der Waals surface area contributed by atoms with Crippen molar-refractivity contribution < 1.29 is 36.3 Å². The lowest BCUT2D eigenvalue weighted by atomic mass is 9.91. The van der Waals surface area contributed by atoms with Gasteiger partial charge in [-0.05, 0) is 25.1 Å². The normalized spacial score (nSPS) is 19.1. The first-order chi connectivity index (χ1) is 13.6. The van der Waals surface area contributed by atoms with Crippen LogP contribution in [0.2, 0.25) is 0 Å². The lowest BCUT2D eigenvalue weighted by molar-refractivity contribution is -0.142. The molecule has 1 aliphatic rings. The first-order valence-corrected chi connectivity index (χ1v) is 9.73. The van der Waals surface area contributed by atoms with Crippen molar-refractivity contribution in [2.75, 3.05) is 0 Å². The molecule has 1 heterocycles. The SMILES string of the molecule is CC(=O)OC1=C(NS(=O)(=O)c2ccccc2)OC(C)(c2cccc(F)c2F)C1=O. The van der Waals surface area contributed by atoms with Gasteiger partial charge in [-0.1, -0.05) is 30.3 Å². The number of hydrogen-bond donors (Lipinski definition) is 1. The number of ketones is 1. The third kappa shape index (κ3) is 3.70. The molecule has 0 amide bonds. The average molecular weight is 423 g/mol. The van der Waals surface area contributed by atoms with E-state index in [1.807, 2.05) is 4.72 Å². The zero-order valence-corrected chi connectivity index (χ0v) is 16.0. The molecule has 0 fully saturated rings. The number of halogens is 2. The Morgan fingerprint density at radius 2 is 1.76 bits per heavy atom. The van der Waals surface area contributed by atoms with Crippen molar-refractivity contribution in [3.05, 3.63) is 77.4 Å². The average Bonchev–Trinajstić information content (AvgIpc) is 2.89. The van der Waals surface area contributed by atoms with Crippen molar-refractivity contribution in [1.29, 1.82) is 0 Å².